The number of unbranched alkanes of at least 4 members (excludes halogenated alkanes) is 3. The molecule has 1 heterocycles. The second-order valence-electron chi connectivity index (χ2n) is 5.56. The van der Waals surface area contributed by atoms with Crippen LogP contribution < -0.4 is 0 Å². The van der Waals surface area contributed by atoms with Gasteiger partial charge in [-0.1, -0.05) is 26.7 Å². The summed E-state index contributed by atoms with van der Waals surface area (Å²) in [5.74, 6) is 0.669. The number of carbonyl (C=O) groups is 2. The van der Waals surface area contributed by atoms with E-state index in [1.807, 2.05) is 13.8 Å². The number of imide groups is 1. The molecule has 2 amide bonds. The summed E-state index contributed by atoms with van der Waals surface area (Å²) in [4.78, 5) is 25.1. The third-order valence-corrected chi connectivity index (χ3v) is 3.39. The molecule has 0 atom stereocenters. The molecule has 1 rings (SSSR count). The predicted octanol–water partition coefficient (Wildman–Crippen LogP) is 2.96. The second kappa shape index (κ2) is 6.39. The highest BCUT2D eigenvalue weighted by Gasteiger charge is 2.36. The standard InChI is InChI=1S/C13H22ClNO2/c1-13(2)9-11(16)15(12(17)10-13)8-6-4-3-5-7-14/h3-10H2,1-2H3. The summed E-state index contributed by atoms with van der Waals surface area (Å²) in [6, 6.07) is 0. The summed E-state index contributed by atoms with van der Waals surface area (Å²) >= 11 is 5.59. The fraction of sp³-hybridized carbons (Fsp3) is 0.846. The zero-order valence-corrected chi connectivity index (χ0v) is 11.6. The topological polar surface area (TPSA) is 37.4 Å². The molecule has 0 saturated carbocycles. The molecule has 3 nitrogen and oxygen atoms in total. The molecule has 0 aliphatic carbocycles. The summed E-state index contributed by atoms with van der Waals surface area (Å²) in [7, 11) is 0. The third-order valence-electron chi connectivity index (χ3n) is 3.13. The van der Waals surface area contributed by atoms with Crippen molar-refractivity contribution in [1.29, 1.82) is 0 Å². The minimum absolute atomic E-state index is 0.0106. The molecule has 0 aromatic rings. The van der Waals surface area contributed by atoms with Crippen LogP contribution in [0.3, 0.4) is 0 Å². The molecule has 1 aliphatic rings. The van der Waals surface area contributed by atoms with Crippen molar-refractivity contribution in [2.45, 2.75) is 52.4 Å². The van der Waals surface area contributed by atoms with Crippen LogP contribution in [-0.2, 0) is 9.59 Å². The van der Waals surface area contributed by atoms with E-state index < -0.39 is 0 Å². The minimum atomic E-state index is -0.163. The molecule has 0 unspecified atom stereocenters. The molecule has 0 bridgehead atoms. The zero-order valence-electron chi connectivity index (χ0n) is 10.8. The van der Waals surface area contributed by atoms with Gasteiger partial charge in [0.15, 0.2) is 0 Å². The molecule has 1 aliphatic heterocycles. The Bertz CT molecular complexity index is 269. The van der Waals surface area contributed by atoms with Crippen molar-refractivity contribution in [1.82, 2.24) is 4.90 Å². The predicted molar refractivity (Wildman–Crippen MR) is 68.9 cm³/mol. The number of halogens is 1. The molecule has 0 aromatic heterocycles. The average Bonchev–Trinajstić information content (AvgIpc) is 2.19. The third kappa shape index (κ3) is 4.66. The fourth-order valence-electron chi connectivity index (χ4n) is 2.18. The lowest BCUT2D eigenvalue weighted by molar-refractivity contribution is -0.152. The summed E-state index contributed by atoms with van der Waals surface area (Å²) in [6.07, 6.45) is 4.99. The molecule has 0 aromatic carbocycles. The van der Waals surface area contributed by atoms with E-state index in [1.165, 1.54) is 4.90 Å². The van der Waals surface area contributed by atoms with E-state index in [0.717, 1.165) is 25.7 Å². The first-order valence-corrected chi connectivity index (χ1v) is 6.89. The number of carbonyl (C=O) groups excluding carboxylic acids is 2. The number of piperidine rings is 1. The van der Waals surface area contributed by atoms with Gasteiger partial charge >= 0.3 is 0 Å². The Morgan fingerprint density at radius 3 is 2.12 bits per heavy atom. The maximum Gasteiger partial charge on any atom is 0.229 e. The van der Waals surface area contributed by atoms with Gasteiger partial charge in [-0.2, -0.15) is 0 Å². The molecular formula is C13H22ClNO2. The van der Waals surface area contributed by atoms with Crippen LogP contribution in [0.25, 0.3) is 0 Å². The van der Waals surface area contributed by atoms with Gasteiger partial charge in [-0.15, -0.1) is 11.6 Å². The summed E-state index contributed by atoms with van der Waals surface area (Å²) in [6.45, 7) is 4.53. The van der Waals surface area contributed by atoms with E-state index >= 15 is 0 Å². The molecule has 4 heteroatoms. The largest absolute Gasteiger partial charge is 0.283 e. The lowest BCUT2D eigenvalue weighted by Crippen LogP contribution is -2.46. The Labute approximate surface area is 108 Å². The number of amides is 2. The summed E-state index contributed by atoms with van der Waals surface area (Å²) in [5, 5.41) is 0. The Hall–Kier alpha value is -0.570. The highest BCUT2D eigenvalue weighted by Crippen LogP contribution is 2.31. The first kappa shape index (κ1) is 14.5. The molecule has 17 heavy (non-hydrogen) atoms. The maximum atomic E-state index is 11.8. The Kier molecular flexibility index (Phi) is 5.44. The highest BCUT2D eigenvalue weighted by atomic mass is 35.5. The van der Waals surface area contributed by atoms with Crippen molar-refractivity contribution in [3.63, 3.8) is 0 Å². The van der Waals surface area contributed by atoms with Gasteiger partial charge in [0.2, 0.25) is 11.8 Å². The number of alkyl halides is 1. The van der Waals surface area contributed by atoms with Crippen molar-refractivity contribution in [2.24, 2.45) is 5.41 Å². The molecule has 0 N–H and O–H groups in total. The number of nitrogens with zero attached hydrogens (tertiary/aromatic N) is 1. The van der Waals surface area contributed by atoms with Crippen LogP contribution in [0.4, 0.5) is 0 Å². The lowest BCUT2D eigenvalue weighted by atomic mass is 9.81. The van der Waals surface area contributed by atoms with Crippen LogP contribution in [0.5, 0.6) is 0 Å². The number of rotatable bonds is 6. The smallest absolute Gasteiger partial charge is 0.229 e. The molecule has 0 spiro atoms. The van der Waals surface area contributed by atoms with Gasteiger partial charge in [-0.25, -0.2) is 0 Å². The van der Waals surface area contributed by atoms with E-state index in [2.05, 4.69) is 0 Å². The van der Waals surface area contributed by atoms with Crippen LogP contribution in [0.2, 0.25) is 0 Å². The van der Waals surface area contributed by atoms with E-state index in [9.17, 15) is 9.59 Å². The lowest BCUT2D eigenvalue weighted by Gasteiger charge is -2.34. The fourth-order valence-corrected chi connectivity index (χ4v) is 2.37. The van der Waals surface area contributed by atoms with Crippen LogP contribution >= 0.6 is 11.6 Å². The van der Waals surface area contributed by atoms with Gasteiger partial charge in [-0.3, -0.25) is 14.5 Å². The molecule has 1 saturated heterocycles. The van der Waals surface area contributed by atoms with Crippen molar-refractivity contribution in [2.75, 3.05) is 12.4 Å². The number of hydrogen-bond donors (Lipinski definition) is 0. The quantitative estimate of drug-likeness (QED) is 0.418. The summed E-state index contributed by atoms with van der Waals surface area (Å²) < 4.78 is 0. The highest BCUT2D eigenvalue weighted by molar-refractivity contribution is 6.17. The first-order chi connectivity index (χ1) is 7.96. The van der Waals surface area contributed by atoms with Gasteiger partial charge in [0.25, 0.3) is 0 Å². The van der Waals surface area contributed by atoms with Crippen molar-refractivity contribution in [3.05, 3.63) is 0 Å². The van der Waals surface area contributed by atoms with Gasteiger partial charge in [0.05, 0.1) is 0 Å². The maximum absolute atomic E-state index is 11.8. The van der Waals surface area contributed by atoms with E-state index in [4.69, 9.17) is 11.6 Å². The molecule has 1 fully saturated rings. The van der Waals surface area contributed by atoms with E-state index in [0.29, 0.717) is 25.3 Å². The average molecular weight is 260 g/mol. The van der Waals surface area contributed by atoms with Crippen LogP contribution in [-0.4, -0.2) is 29.1 Å². The number of hydrogen-bond acceptors (Lipinski definition) is 2. The summed E-state index contributed by atoms with van der Waals surface area (Å²) in [5.41, 5.74) is -0.163. The SMILES string of the molecule is CC1(C)CC(=O)N(CCCCCCCl)C(=O)C1. The van der Waals surface area contributed by atoms with Crippen molar-refractivity contribution >= 4 is 23.4 Å². The van der Waals surface area contributed by atoms with Gasteiger partial charge < -0.3 is 0 Å². The molecule has 98 valence electrons. The molecular weight excluding hydrogens is 238 g/mol. The Morgan fingerprint density at radius 2 is 1.59 bits per heavy atom. The first-order valence-electron chi connectivity index (χ1n) is 6.35. The van der Waals surface area contributed by atoms with Crippen molar-refractivity contribution in [3.8, 4) is 0 Å². The minimum Gasteiger partial charge on any atom is -0.283 e. The van der Waals surface area contributed by atoms with Crippen LogP contribution in [0, 0.1) is 5.41 Å². The van der Waals surface area contributed by atoms with Crippen LogP contribution in [0.1, 0.15) is 52.4 Å². The van der Waals surface area contributed by atoms with Gasteiger partial charge in [-0.05, 0) is 18.3 Å². The number of likely N-dealkylation sites (tertiary alicyclic amines) is 1. The normalized spacial score (nSPS) is 19.8. The van der Waals surface area contributed by atoms with E-state index in [1.54, 1.807) is 0 Å². The van der Waals surface area contributed by atoms with Gasteiger partial charge in [0, 0.05) is 25.3 Å². The van der Waals surface area contributed by atoms with Crippen molar-refractivity contribution < 1.29 is 9.59 Å². The Balaban J connectivity index is 2.33. The van der Waals surface area contributed by atoms with E-state index in [-0.39, 0.29) is 17.2 Å². The second-order valence-corrected chi connectivity index (χ2v) is 5.94. The van der Waals surface area contributed by atoms with Crippen LogP contribution in [0.15, 0.2) is 0 Å². The molecule has 0 radical (unpaired) electrons. The van der Waals surface area contributed by atoms with Gasteiger partial charge in [0.1, 0.15) is 0 Å². The zero-order chi connectivity index (χ0) is 12.9. The Morgan fingerprint density at radius 1 is 1.06 bits per heavy atom. The monoisotopic (exact) mass is 259 g/mol.